The molecule has 8 heteroatoms. The van der Waals surface area contributed by atoms with E-state index >= 15 is 0 Å². The molecule has 2 heterocycles. The smallest absolute Gasteiger partial charge is 0.243 e. The van der Waals surface area contributed by atoms with Gasteiger partial charge in [-0.2, -0.15) is 4.31 Å². The van der Waals surface area contributed by atoms with Crippen molar-refractivity contribution < 1.29 is 17.6 Å². The minimum Gasteiger partial charge on any atom is -0.468 e. The number of benzene rings is 1. The fourth-order valence-electron chi connectivity index (χ4n) is 3.37. The summed E-state index contributed by atoms with van der Waals surface area (Å²) in [5.74, 6) is 0.569. The summed E-state index contributed by atoms with van der Waals surface area (Å²) in [5, 5.41) is 2.80. The van der Waals surface area contributed by atoms with Crippen LogP contribution in [0.5, 0.6) is 0 Å². The summed E-state index contributed by atoms with van der Waals surface area (Å²) in [4.78, 5) is 14.4. The first-order valence-electron chi connectivity index (χ1n) is 9.48. The monoisotopic (exact) mass is 405 g/mol. The number of carbonyl (C=O) groups is 1. The average Bonchev–Trinajstić information content (AvgIpc) is 3.16. The number of likely N-dealkylation sites (N-methyl/N-ethyl adjacent to an activating group) is 1. The SMILES string of the molecule is Cc1ccc(NC(=O)CN(C)Cc2ccco2)cc1S(=O)(=O)N1CCCCC1. The van der Waals surface area contributed by atoms with E-state index in [1.807, 2.05) is 18.0 Å². The van der Waals surface area contributed by atoms with E-state index in [2.05, 4.69) is 5.32 Å². The Hall–Kier alpha value is -2.16. The quantitative estimate of drug-likeness (QED) is 0.766. The van der Waals surface area contributed by atoms with Gasteiger partial charge in [-0.3, -0.25) is 9.69 Å². The zero-order chi connectivity index (χ0) is 20.1. The largest absolute Gasteiger partial charge is 0.468 e. The molecule has 0 spiro atoms. The normalized spacial score (nSPS) is 15.7. The van der Waals surface area contributed by atoms with E-state index in [0.717, 1.165) is 25.0 Å². The molecule has 2 aromatic rings. The molecule has 1 aliphatic rings. The van der Waals surface area contributed by atoms with Crippen LogP contribution in [0.4, 0.5) is 5.69 Å². The van der Waals surface area contributed by atoms with E-state index in [0.29, 0.717) is 30.9 Å². The number of anilines is 1. The maximum absolute atomic E-state index is 13.0. The lowest BCUT2D eigenvalue weighted by atomic mass is 10.2. The van der Waals surface area contributed by atoms with E-state index < -0.39 is 10.0 Å². The number of hydrogen-bond acceptors (Lipinski definition) is 5. The number of piperidine rings is 1. The number of hydrogen-bond donors (Lipinski definition) is 1. The van der Waals surface area contributed by atoms with E-state index in [-0.39, 0.29) is 17.3 Å². The predicted octanol–water partition coefficient (Wildman–Crippen LogP) is 2.83. The highest BCUT2D eigenvalue weighted by molar-refractivity contribution is 7.89. The van der Waals surface area contributed by atoms with Gasteiger partial charge in [0, 0.05) is 18.8 Å². The van der Waals surface area contributed by atoms with E-state index in [1.165, 1.54) is 0 Å². The molecule has 7 nitrogen and oxygen atoms in total. The average molecular weight is 406 g/mol. The maximum Gasteiger partial charge on any atom is 0.243 e. The summed E-state index contributed by atoms with van der Waals surface area (Å²) < 4.78 is 32.8. The van der Waals surface area contributed by atoms with Crippen LogP contribution in [0.25, 0.3) is 0 Å². The lowest BCUT2D eigenvalue weighted by Crippen LogP contribution is -2.36. The first kappa shape index (κ1) is 20.6. The Kier molecular flexibility index (Phi) is 6.53. The van der Waals surface area contributed by atoms with Gasteiger partial charge in [0.2, 0.25) is 15.9 Å². The number of rotatable bonds is 7. The van der Waals surface area contributed by atoms with Crippen LogP contribution < -0.4 is 5.32 Å². The number of amides is 1. The Labute approximate surface area is 166 Å². The number of furan rings is 1. The van der Waals surface area contributed by atoms with Gasteiger partial charge in [-0.1, -0.05) is 12.5 Å². The van der Waals surface area contributed by atoms with Crippen LogP contribution >= 0.6 is 0 Å². The number of aryl methyl sites for hydroxylation is 1. The van der Waals surface area contributed by atoms with Crippen LogP contribution in [0.3, 0.4) is 0 Å². The van der Waals surface area contributed by atoms with Crippen molar-refractivity contribution in [2.24, 2.45) is 0 Å². The highest BCUT2D eigenvalue weighted by Crippen LogP contribution is 2.26. The van der Waals surface area contributed by atoms with Gasteiger partial charge >= 0.3 is 0 Å². The molecule has 1 saturated heterocycles. The minimum absolute atomic E-state index is 0.169. The van der Waals surface area contributed by atoms with Gasteiger partial charge in [-0.25, -0.2) is 8.42 Å². The van der Waals surface area contributed by atoms with Crippen LogP contribution in [0.15, 0.2) is 45.9 Å². The standard InChI is InChI=1S/C20H27N3O4S/c1-16-8-9-17(13-19(16)28(25,26)23-10-4-3-5-11-23)21-20(24)15-22(2)14-18-7-6-12-27-18/h6-9,12-13H,3-5,10-11,14-15H2,1-2H3,(H,21,24). The van der Waals surface area contributed by atoms with Crippen LogP contribution in [-0.4, -0.2) is 50.2 Å². The van der Waals surface area contributed by atoms with Crippen molar-refractivity contribution in [3.63, 3.8) is 0 Å². The molecule has 1 fully saturated rings. The van der Waals surface area contributed by atoms with Crippen LogP contribution in [-0.2, 0) is 21.4 Å². The zero-order valence-corrected chi connectivity index (χ0v) is 17.2. The Morgan fingerprint density at radius 1 is 1.21 bits per heavy atom. The van der Waals surface area contributed by atoms with E-state index in [1.54, 1.807) is 41.8 Å². The third-order valence-electron chi connectivity index (χ3n) is 4.82. The second kappa shape index (κ2) is 8.89. The fourth-order valence-corrected chi connectivity index (χ4v) is 5.14. The first-order valence-corrected chi connectivity index (χ1v) is 10.9. The van der Waals surface area contributed by atoms with E-state index in [9.17, 15) is 13.2 Å². The molecular formula is C20H27N3O4S. The van der Waals surface area contributed by atoms with Crippen LogP contribution in [0, 0.1) is 6.92 Å². The lowest BCUT2D eigenvalue weighted by Gasteiger charge is -2.26. The van der Waals surface area contributed by atoms with Gasteiger partial charge in [-0.15, -0.1) is 0 Å². The topological polar surface area (TPSA) is 82.9 Å². The molecule has 1 aromatic heterocycles. The Bertz CT molecular complexity index is 904. The molecule has 0 atom stereocenters. The van der Waals surface area contributed by atoms with Crippen molar-refractivity contribution in [3.8, 4) is 0 Å². The Morgan fingerprint density at radius 3 is 2.64 bits per heavy atom. The molecular weight excluding hydrogens is 378 g/mol. The molecule has 152 valence electrons. The van der Waals surface area contributed by atoms with Gasteiger partial charge < -0.3 is 9.73 Å². The number of nitrogens with one attached hydrogen (secondary N) is 1. The summed E-state index contributed by atoms with van der Waals surface area (Å²) in [7, 11) is -1.73. The second-order valence-electron chi connectivity index (χ2n) is 7.24. The summed E-state index contributed by atoms with van der Waals surface area (Å²) in [5.41, 5.74) is 1.16. The molecule has 3 rings (SSSR count). The van der Waals surface area contributed by atoms with Gasteiger partial charge in [0.25, 0.3) is 0 Å². The second-order valence-corrected chi connectivity index (χ2v) is 9.15. The van der Waals surface area contributed by atoms with Gasteiger partial charge in [-0.05, 0) is 56.6 Å². The van der Waals surface area contributed by atoms with Crippen molar-refractivity contribution in [2.45, 2.75) is 37.6 Å². The molecule has 0 saturated carbocycles. The van der Waals surface area contributed by atoms with Gasteiger partial charge in [0.05, 0.1) is 24.2 Å². The maximum atomic E-state index is 13.0. The first-order chi connectivity index (χ1) is 13.4. The Morgan fingerprint density at radius 2 is 1.96 bits per heavy atom. The van der Waals surface area contributed by atoms with E-state index in [4.69, 9.17) is 4.42 Å². The summed E-state index contributed by atoms with van der Waals surface area (Å²) in [6.07, 6.45) is 4.43. The molecule has 0 radical (unpaired) electrons. The van der Waals surface area contributed by atoms with Gasteiger partial charge in [0.15, 0.2) is 0 Å². The summed E-state index contributed by atoms with van der Waals surface area (Å²) in [6.45, 7) is 3.57. The van der Waals surface area contributed by atoms with Crippen molar-refractivity contribution in [3.05, 3.63) is 47.9 Å². The number of sulfonamides is 1. The van der Waals surface area contributed by atoms with Crippen molar-refractivity contribution >= 4 is 21.6 Å². The van der Waals surface area contributed by atoms with Crippen LogP contribution in [0.1, 0.15) is 30.6 Å². The third-order valence-corrected chi connectivity index (χ3v) is 6.86. The molecule has 0 aliphatic carbocycles. The van der Waals surface area contributed by atoms with Crippen molar-refractivity contribution in [1.29, 1.82) is 0 Å². The fraction of sp³-hybridized carbons (Fsp3) is 0.450. The molecule has 28 heavy (non-hydrogen) atoms. The molecule has 1 aliphatic heterocycles. The highest BCUT2D eigenvalue weighted by Gasteiger charge is 2.27. The molecule has 0 unspecified atom stereocenters. The van der Waals surface area contributed by atoms with Crippen molar-refractivity contribution in [1.82, 2.24) is 9.21 Å². The Balaban J connectivity index is 1.67. The summed E-state index contributed by atoms with van der Waals surface area (Å²) >= 11 is 0. The van der Waals surface area contributed by atoms with Crippen molar-refractivity contribution in [2.75, 3.05) is 32.0 Å². The highest BCUT2D eigenvalue weighted by atomic mass is 32.2. The zero-order valence-electron chi connectivity index (χ0n) is 16.3. The number of nitrogens with zero attached hydrogens (tertiary/aromatic N) is 2. The summed E-state index contributed by atoms with van der Waals surface area (Å²) in [6, 6.07) is 8.68. The number of carbonyl (C=O) groups excluding carboxylic acids is 1. The van der Waals surface area contributed by atoms with Gasteiger partial charge in [0.1, 0.15) is 5.76 Å². The molecule has 1 amide bonds. The lowest BCUT2D eigenvalue weighted by molar-refractivity contribution is -0.117. The molecule has 0 bridgehead atoms. The van der Waals surface area contributed by atoms with Crippen LogP contribution in [0.2, 0.25) is 0 Å². The minimum atomic E-state index is -3.55. The molecule has 1 N–H and O–H groups in total. The predicted molar refractivity (Wildman–Crippen MR) is 107 cm³/mol. The third kappa shape index (κ3) is 5.01. The molecule has 1 aromatic carbocycles.